The third-order valence-electron chi connectivity index (χ3n) is 4.09. The highest BCUT2D eigenvalue weighted by Gasteiger charge is 2.19. The van der Waals surface area contributed by atoms with Crippen LogP contribution < -0.4 is 5.32 Å². The molecule has 0 aromatic carbocycles. The van der Waals surface area contributed by atoms with Crippen molar-refractivity contribution in [3.05, 3.63) is 52.7 Å². The quantitative estimate of drug-likeness (QED) is 0.680. The Bertz CT molecular complexity index is 1050. The molecule has 27 heavy (non-hydrogen) atoms. The molecule has 0 saturated carbocycles. The molecule has 0 radical (unpaired) electrons. The smallest absolute Gasteiger partial charge is 0.252 e. The summed E-state index contributed by atoms with van der Waals surface area (Å²) >= 11 is 1.25. The summed E-state index contributed by atoms with van der Waals surface area (Å²) < 4.78 is 26.0. The van der Waals surface area contributed by atoms with Crippen LogP contribution >= 0.6 is 11.3 Å². The van der Waals surface area contributed by atoms with Crippen molar-refractivity contribution in [3.8, 4) is 11.5 Å². The molecule has 3 heterocycles. The molecule has 3 aromatic heterocycles. The predicted molar refractivity (Wildman–Crippen MR) is 107 cm³/mol. The molecule has 1 N–H and O–H groups in total. The second-order valence-corrected chi connectivity index (χ2v) is 9.73. The Hall–Kier alpha value is -2.36. The molecule has 0 amide bonds. The van der Waals surface area contributed by atoms with Crippen molar-refractivity contribution in [1.29, 1.82) is 0 Å². The Kier molecular flexibility index (Phi) is 5.54. The number of anilines is 1. The fourth-order valence-electron chi connectivity index (χ4n) is 2.35. The summed E-state index contributed by atoms with van der Waals surface area (Å²) in [7, 11) is -0.353. The minimum absolute atomic E-state index is 0.328. The van der Waals surface area contributed by atoms with Crippen LogP contribution in [0.3, 0.4) is 0 Å². The number of sulfonamides is 1. The van der Waals surface area contributed by atoms with E-state index in [2.05, 4.69) is 20.3 Å². The summed E-state index contributed by atoms with van der Waals surface area (Å²) in [6, 6.07) is 9.06. The number of thiophene rings is 1. The zero-order chi connectivity index (χ0) is 19.6. The predicted octanol–water partition coefficient (Wildman–Crippen LogP) is 3.08. The van der Waals surface area contributed by atoms with E-state index in [1.54, 1.807) is 12.3 Å². The first-order valence-corrected chi connectivity index (χ1v) is 10.6. The lowest BCUT2D eigenvalue weighted by Gasteiger charge is -2.11. The lowest BCUT2D eigenvalue weighted by Crippen LogP contribution is -2.21. The van der Waals surface area contributed by atoms with E-state index in [0.717, 1.165) is 16.1 Å². The van der Waals surface area contributed by atoms with Gasteiger partial charge in [-0.25, -0.2) is 22.7 Å². The van der Waals surface area contributed by atoms with Crippen LogP contribution in [0.2, 0.25) is 0 Å². The number of nitrogens with one attached hydrogen (secondary N) is 1. The van der Waals surface area contributed by atoms with Gasteiger partial charge in [0.05, 0.1) is 6.54 Å². The molecular weight excluding hydrogens is 382 g/mol. The zero-order valence-electron chi connectivity index (χ0n) is 15.6. The topological polar surface area (TPSA) is 88.1 Å². The van der Waals surface area contributed by atoms with Crippen molar-refractivity contribution in [2.45, 2.75) is 24.6 Å². The molecule has 0 aliphatic carbocycles. The molecule has 0 aliphatic rings. The van der Waals surface area contributed by atoms with E-state index >= 15 is 0 Å². The van der Waals surface area contributed by atoms with E-state index in [1.165, 1.54) is 29.7 Å². The Labute approximate surface area is 163 Å². The van der Waals surface area contributed by atoms with Gasteiger partial charge in [0.2, 0.25) is 0 Å². The van der Waals surface area contributed by atoms with Crippen LogP contribution in [0.25, 0.3) is 11.5 Å². The van der Waals surface area contributed by atoms with Gasteiger partial charge in [0, 0.05) is 36.4 Å². The van der Waals surface area contributed by atoms with Crippen molar-refractivity contribution >= 4 is 27.2 Å². The number of rotatable bonds is 6. The normalized spacial score (nSPS) is 11.7. The second kappa shape index (κ2) is 7.71. The van der Waals surface area contributed by atoms with Crippen LogP contribution in [0, 0.1) is 13.8 Å². The van der Waals surface area contributed by atoms with Gasteiger partial charge in [0.1, 0.15) is 15.7 Å². The van der Waals surface area contributed by atoms with Crippen molar-refractivity contribution in [1.82, 2.24) is 19.3 Å². The van der Waals surface area contributed by atoms with Gasteiger partial charge in [-0.2, -0.15) is 0 Å². The van der Waals surface area contributed by atoms with Crippen LogP contribution in [-0.4, -0.2) is 41.8 Å². The molecule has 0 unspecified atom stereocenters. The molecule has 0 spiro atoms. The standard InChI is InChI=1S/C18H21N5O2S2/c1-12-13(2)21-18(15-7-5-6-10-19-15)22-17(12)20-11-14-8-9-16(26-14)27(24,25)23(3)4/h5-10H,11H2,1-4H3,(H,20,21,22). The molecule has 0 bridgehead atoms. The number of pyridine rings is 1. The Morgan fingerprint density at radius 2 is 1.89 bits per heavy atom. The number of hydrogen-bond donors (Lipinski definition) is 1. The molecule has 3 rings (SSSR count). The second-order valence-electron chi connectivity index (χ2n) is 6.18. The van der Waals surface area contributed by atoms with Gasteiger partial charge in [-0.15, -0.1) is 11.3 Å². The highest BCUT2D eigenvalue weighted by Crippen LogP contribution is 2.25. The van der Waals surface area contributed by atoms with Crippen molar-refractivity contribution in [2.24, 2.45) is 0 Å². The van der Waals surface area contributed by atoms with Gasteiger partial charge in [-0.1, -0.05) is 6.07 Å². The van der Waals surface area contributed by atoms with E-state index in [0.29, 0.717) is 28.1 Å². The highest BCUT2D eigenvalue weighted by atomic mass is 32.2. The first kappa shape index (κ1) is 19.4. The summed E-state index contributed by atoms with van der Waals surface area (Å²) in [4.78, 5) is 14.3. The molecule has 9 heteroatoms. The molecular formula is C18H21N5O2S2. The van der Waals surface area contributed by atoms with Crippen LogP contribution in [0.15, 0.2) is 40.7 Å². The van der Waals surface area contributed by atoms with Gasteiger partial charge in [0.25, 0.3) is 10.0 Å². The molecule has 142 valence electrons. The average molecular weight is 404 g/mol. The Morgan fingerprint density at radius 3 is 2.56 bits per heavy atom. The number of hydrogen-bond acceptors (Lipinski definition) is 7. The van der Waals surface area contributed by atoms with E-state index in [-0.39, 0.29) is 0 Å². The molecule has 0 saturated heterocycles. The van der Waals surface area contributed by atoms with Crippen LogP contribution in [0.5, 0.6) is 0 Å². The minimum Gasteiger partial charge on any atom is -0.365 e. The largest absolute Gasteiger partial charge is 0.365 e. The number of aryl methyl sites for hydroxylation is 1. The first-order valence-electron chi connectivity index (χ1n) is 8.31. The third-order valence-corrected chi connectivity index (χ3v) is 7.45. The van der Waals surface area contributed by atoms with E-state index in [4.69, 9.17) is 0 Å². The Balaban J connectivity index is 1.83. The highest BCUT2D eigenvalue weighted by molar-refractivity contribution is 7.91. The SMILES string of the molecule is Cc1nc(-c2ccccn2)nc(NCc2ccc(S(=O)(=O)N(C)C)s2)c1C. The number of nitrogens with zero attached hydrogens (tertiary/aromatic N) is 4. The zero-order valence-corrected chi connectivity index (χ0v) is 17.2. The van der Waals surface area contributed by atoms with Gasteiger partial charge < -0.3 is 5.32 Å². The van der Waals surface area contributed by atoms with E-state index in [9.17, 15) is 8.42 Å². The number of aromatic nitrogens is 3. The van der Waals surface area contributed by atoms with Crippen LogP contribution in [0.4, 0.5) is 5.82 Å². The maximum atomic E-state index is 12.2. The Morgan fingerprint density at radius 1 is 1.11 bits per heavy atom. The van der Waals surface area contributed by atoms with Gasteiger partial charge in [-0.3, -0.25) is 4.98 Å². The van der Waals surface area contributed by atoms with Crippen molar-refractivity contribution in [3.63, 3.8) is 0 Å². The lowest BCUT2D eigenvalue weighted by molar-refractivity contribution is 0.523. The van der Waals surface area contributed by atoms with Crippen molar-refractivity contribution < 1.29 is 8.42 Å². The summed E-state index contributed by atoms with van der Waals surface area (Å²) in [5.41, 5.74) is 2.53. The van der Waals surface area contributed by atoms with Crippen molar-refractivity contribution in [2.75, 3.05) is 19.4 Å². The van der Waals surface area contributed by atoms with Gasteiger partial charge >= 0.3 is 0 Å². The fourth-order valence-corrected chi connectivity index (χ4v) is 4.82. The summed E-state index contributed by atoms with van der Waals surface area (Å²) in [6.45, 7) is 4.37. The maximum Gasteiger partial charge on any atom is 0.252 e. The van der Waals surface area contributed by atoms with Gasteiger partial charge in [0.15, 0.2) is 5.82 Å². The molecule has 0 atom stereocenters. The van der Waals surface area contributed by atoms with E-state index < -0.39 is 10.0 Å². The molecule has 0 fully saturated rings. The third kappa shape index (κ3) is 4.15. The summed E-state index contributed by atoms with van der Waals surface area (Å²) in [5.74, 6) is 1.27. The van der Waals surface area contributed by atoms with Crippen LogP contribution in [0.1, 0.15) is 16.1 Å². The molecule has 7 nitrogen and oxygen atoms in total. The minimum atomic E-state index is -3.41. The molecule has 0 aliphatic heterocycles. The summed E-state index contributed by atoms with van der Waals surface area (Å²) in [5, 5.41) is 3.30. The first-order chi connectivity index (χ1) is 12.8. The maximum absolute atomic E-state index is 12.2. The fraction of sp³-hybridized carbons (Fsp3) is 0.278. The monoisotopic (exact) mass is 403 g/mol. The summed E-state index contributed by atoms with van der Waals surface area (Å²) in [6.07, 6.45) is 1.71. The van der Waals surface area contributed by atoms with Gasteiger partial charge in [-0.05, 0) is 38.1 Å². The molecule has 3 aromatic rings. The average Bonchev–Trinajstić information content (AvgIpc) is 3.13. The van der Waals surface area contributed by atoms with E-state index in [1.807, 2.05) is 38.1 Å². The van der Waals surface area contributed by atoms with Crippen LogP contribution in [-0.2, 0) is 16.6 Å². The lowest BCUT2D eigenvalue weighted by atomic mass is 10.2.